The zero-order valence-electron chi connectivity index (χ0n) is 11.7. The van der Waals surface area contributed by atoms with E-state index < -0.39 is 0 Å². The van der Waals surface area contributed by atoms with Crippen LogP contribution in [0.3, 0.4) is 0 Å². The maximum atomic E-state index is 11.9. The summed E-state index contributed by atoms with van der Waals surface area (Å²) in [7, 11) is 0. The molecule has 2 aliphatic rings. The first kappa shape index (κ1) is 12.9. The van der Waals surface area contributed by atoms with E-state index in [1.807, 2.05) is 18.7 Å². The molecule has 0 spiro atoms. The molecular formula is C14H17N5O. The maximum Gasteiger partial charge on any atom is 0.225 e. The minimum absolute atomic E-state index is 0.0200. The van der Waals surface area contributed by atoms with Gasteiger partial charge in [0.2, 0.25) is 5.91 Å². The van der Waals surface area contributed by atoms with Crippen molar-refractivity contribution in [3.05, 3.63) is 16.8 Å². The molecule has 6 nitrogen and oxygen atoms in total. The van der Waals surface area contributed by atoms with Gasteiger partial charge in [-0.25, -0.2) is 0 Å². The van der Waals surface area contributed by atoms with Crippen molar-refractivity contribution in [2.45, 2.75) is 45.2 Å². The summed E-state index contributed by atoms with van der Waals surface area (Å²) in [6.07, 6.45) is 2.70. The predicted octanol–water partition coefficient (Wildman–Crippen LogP) is 1.14. The molecule has 2 heterocycles. The Morgan fingerprint density at radius 3 is 2.75 bits per heavy atom. The lowest BCUT2D eigenvalue weighted by Crippen LogP contribution is -2.30. The summed E-state index contributed by atoms with van der Waals surface area (Å²) >= 11 is 0. The number of nitrogens with one attached hydrogen (secondary N) is 1. The number of nitrogens with zero attached hydrogens (tertiary/aromatic N) is 4. The van der Waals surface area contributed by atoms with Crippen LogP contribution >= 0.6 is 0 Å². The predicted molar refractivity (Wildman–Crippen MR) is 73.0 cm³/mol. The van der Waals surface area contributed by atoms with Gasteiger partial charge in [0.15, 0.2) is 5.82 Å². The van der Waals surface area contributed by atoms with Gasteiger partial charge in [-0.2, -0.15) is 10.4 Å². The van der Waals surface area contributed by atoms with Crippen molar-refractivity contribution in [1.29, 1.82) is 5.26 Å². The normalized spacial score (nSPS) is 21.9. The number of anilines is 1. The van der Waals surface area contributed by atoms with E-state index in [9.17, 15) is 10.1 Å². The number of carbonyl (C=O) groups is 1. The molecule has 1 aromatic rings. The average Bonchev–Trinajstić information content (AvgIpc) is 3.19. The summed E-state index contributed by atoms with van der Waals surface area (Å²) in [5, 5.41) is 20.6. The summed E-state index contributed by atoms with van der Waals surface area (Å²) < 4.78 is 0. The van der Waals surface area contributed by atoms with Crippen LogP contribution in [0, 0.1) is 25.2 Å². The van der Waals surface area contributed by atoms with Crippen LogP contribution in [0.2, 0.25) is 0 Å². The summed E-state index contributed by atoms with van der Waals surface area (Å²) in [4.78, 5) is 13.9. The monoisotopic (exact) mass is 271 g/mol. The topological polar surface area (TPSA) is 81.9 Å². The maximum absolute atomic E-state index is 11.9. The number of rotatable bonds is 3. The Hall–Kier alpha value is -2.16. The number of aryl methyl sites for hydroxylation is 1. The Morgan fingerprint density at radius 1 is 1.35 bits per heavy atom. The van der Waals surface area contributed by atoms with E-state index in [2.05, 4.69) is 21.6 Å². The third-order valence-electron chi connectivity index (χ3n) is 4.05. The van der Waals surface area contributed by atoms with Gasteiger partial charge >= 0.3 is 0 Å². The molecule has 1 aromatic heterocycles. The van der Waals surface area contributed by atoms with E-state index in [1.54, 1.807) is 0 Å². The van der Waals surface area contributed by atoms with Gasteiger partial charge in [0, 0.05) is 19.0 Å². The van der Waals surface area contributed by atoms with Crippen LogP contribution in [0.5, 0.6) is 0 Å². The highest BCUT2D eigenvalue weighted by Crippen LogP contribution is 2.31. The zero-order valence-corrected chi connectivity index (χ0v) is 11.7. The summed E-state index contributed by atoms with van der Waals surface area (Å²) in [6, 6.07) is 2.63. The molecule has 20 heavy (non-hydrogen) atoms. The molecule has 2 fully saturated rings. The standard InChI is InChI=1S/C14H17N5O/c1-8-9(2)17-18-14(12(8)6-15)16-10-5-13(20)19(7-10)11-3-4-11/h10-11H,3-5,7H2,1-2H3,(H,16,18). The molecule has 6 heteroatoms. The third-order valence-corrected chi connectivity index (χ3v) is 4.05. The molecule has 0 bridgehead atoms. The SMILES string of the molecule is Cc1nnc(NC2CC(=O)N(C3CC3)C2)c(C#N)c1C. The Balaban J connectivity index is 1.77. The van der Waals surface area contributed by atoms with Crippen molar-refractivity contribution in [3.63, 3.8) is 0 Å². The molecule has 104 valence electrons. The molecule has 1 aliphatic carbocycles. The lowest BCUT2D eigenvalue weighted by atomic mass is 10.1. The van der Waals surface area contributed by atoms with E-state index in [-0.39, 0.29) is 11.9 Å². The number of carbonyl (C=O) groups excluding carboxylic acids is 1. The quantitative estimate of drug-likeness (QED) is 0.891. The highest BCUT2D eigenvalue weighted by atomic mass is 16.2. The molecule has 3 rings (SSSR count). The molecule has 1 amide bonds. The lowest BCUT2D eigenvalue weighted by Gasteiger charge is -2.17. The molecule has 0 radical (unpaired) electrons. The van der Waals surface area contributed by atoms with Crippen LogP contribution in [0.4, 0.5) is 5.82 Å². The van der Waals surface area contributed by atoms with Crippen molar-refractivity contribution in [2.75, 3.05) is 11.9 Å². The van der Waals surface area contributed by atoms with E-state index >= 15 is 0 Å². The third kappa shape index (κ3) is 2.20. The number of nitriles is 1. The molecule has 1 N–H and O–H groups in total. The Bertz CT molecular complexity index is 602. The van der Waals surface area contributed by atoms with Crippen molar-refractivity contribution in [1.82, 2.24) is 15.1 Å². The minimum Gasteiger partial charge on any atom is -0.362 e. The van der Waals surface area contributed by atoms with Gasteiger partial charge in [0.05, 0.1) is 11.7 Å². The highest BCUT2D eigenvalue weighted by molar-refractivity contribution is 5.80. The second-order valence-corrected chi connectivity index (χ2v) is 5.57. The van der Waals surface area contributed by atoms with Gasteiger partial charge in [0.25, 0.3) is 0 Å². The first-order valence-electron chi connectivity index (χ1n) is 6.90. The highest BCUT2D eigenvalue weighted by Gasteiger charge is 2.39. The fourth-order valence-corrected chi connectivity index (χ4v) is 2.61. The van der Waals surface area contributed by atoms with Crippen molar-refractivity contribution in [3.8, 4) is 6.07 Å². The smallest absolute Gasteiger partial charge is 0.225 e. The minimum atomic E-state index is 0.0200. The van der Waals surface area contributed by atoms with Crippen LogP contribution in [0.25, 0.3) is 0 Å². The largest absolute Gasteiger partial charge is 0.362 e. The van der Waals surface area contributed by atoms with Crippen molar-refractivity contribution >= 4 is 11.7 Å². The molecule has 1 atom stereocenters. The van der Waals surface area contributed by atoms with Crippen LogP contribution in [0.15, 0.2) is 0 Å². The van der Waals surface area contributed by atoms with Crippen LogP contribution in [-0.2, 0) is 4.79 Å². The Kier molecular flexibility index (Phi) is 3.05. The lowest BCUT2D eigenvalue weighted by molar-refractivity contribution is -0.128. The molecular weight excluding hydrogens is 254 g/mol. The number of hydrogen-bond acceptors (Lipinski definition) is 5. The number of amides is 1. The van der Waals surface area contributed by atoms with Gasteiger partial charge < -0.3 is 10.2 Å². The molecule has 0 aromatic carbocycles. The molecule has 1 saturated carbocycles. The fourth-order valence-electron chi connectivity index (χ4n) is 2.61. The van der Waals surface area contributed by atoms with Gasteiger partial charge in [-0.05, 0) is 32.3 Å². The average molecular weight is 271 g/mol. The summed E-state index contributed by atoms with van der Waals surface area (Å²) in [6.45, 7) is 4.40. The molecule has 1 saturated heterocycles. The number of likely N-dealkylation sites (tertiary alicyclic amines) is 1. The van der Waals surface area contributed by atoms with Gasteiger partial charge in [-0.15, -0.1) is 5.10 Å². The summed E-state index contributed by atoms with van der Waals surface area (Å²) in [5.74, 6) is 0.686. The summed E-state index contributed by atoms with van der Waals surface area (Å²) in [5.41, 5.74) is 2.12. The first-order chi connectivity index (χ1) is 9.60. The van der Waals surface area contributed by atoms with E-state index in [0.29, 0.717) is 30.4 Å². The molecule has 1 aliphatic heterocycles. The Labute approximate surface area is 117 Å². The van der Waals surface area contributed by atoms with Crippen LogP contribution < -0.4 is 5.32 Å². The first-order valence-corrected chi connectivity index (χ1v) is 6.90. The van der Waals surface area contributed by atoms with Crippen LogP contribution in [-0.4, -0.2) is 39.6 Å². The molecule has 1 unspecified atom stereocenters. The van der Waals surface area contributed by atoms with E-state index in [1.165, 1.54) is 0 Å². The fraction of sp³-hybridized carbons (Fsp3) is 0.571. The van der Waals surface area contributed by atoms with Crippen molar-refractivity contribution < 1.29 is 4.79 Å². The number of aromatic nitrogens is 2. The number of hydrogen-bond donors (Lipinski definition) is 1. The van der Waals surface area contributed by atoms with Gasteiger partial charge in [-0.3, -0.25) is 4.79 Å². The van der Waals surface area contributed by atoms with Gasteiger partial charge in [-0.1, -0.05) is 0 Å². The van der Waals surface area contributed by atoms with E-state index in [4.69, 9.17) is 0 Å². The van der Waals surface area contributed by atoms with Gasteiger partial charge in [0.1, 0.15) is 11.6 Å². The van der Waals surface area contributed by atoms with E-state index in [0.717, 1.165) is 24.1 Å². The zero-order chi connectivity index (χ0) is 14.3. The second-order valence-electron chi connectivity index (χ2n) is 5.57. The second kappa shape index (κ2) is 4.75. The van der Waals surface area contributed by atoms with Crippen molar-refractivity contribution in [2.24, 2.45) is 0 Å². The van der Waals surface area contributed by atoms with Crippen LogP contribution in [0.1, 0.15) is 36.1 Å². The Morgan fingerprint density at radius 2 is 2.10 bits per heavy atom.